The summed E-state index contributed by atoms with van der Waals surface area (Å²) < 4.78 is 11.5. The maximum Gasteiger partial charge on any atom is 0.163 e. The van der Waals surface area contributed by atoms with E-state index in [1.165, 1.54) is 25.1 Å². The van der Waals surface area contributed by atoms with Crippen molar-refractivity contribution < 1.29 is 9.47 Å². The third-order valence-corrected chi connectivity index (χ3v) is 4.96. The minimum atomic E-state index is 0.0164. The third kappa shape index (κ3) is 7.97. The van der Waals surface area contributed by atoms with Crippen molar-refractivity contribution in [2.75, 3.05) is 45.7 Å². The van der Waals surface area contributed by atoms with E-state index in [2.05, 4.69) is 48.2 Å². The highest BCUT2D eigenvalue weighted by molar-refractivity contribution is 5.93. The Morgan fingerprint density at radius 3 is 2.76 bits per heavy atom. The molecule has 6 heteroatoms. The van der Waals surface area contributed by atoms with Crippen molar-refractivity contribution in [1.29, 1.82) is 0 Å². The Morgan fingerprint density at radius 2 is 2.14 bits per heavy atom. The first kappa shape index (κ1) is 23.1. The van der Waals surface area contributed by atoms with Gasteiger partial charge in [0.05, 0.1) is 19.9 Å². The number of likely N-dealkylation sites (tertiary alicyclic amines) is 1. The van der Waals surface area contributed by atoms with E-state index >= 15 is 0 Å². The van der Waals surface area contributed by atoms with Gasteiger partial charge >= 0.3 is 0 Å². The molecule has 2 N–H and O–H groups in total. The molecule has 6 nitrogen and oxygen atoms in total. The van der Waals surface area contributed by atoms with Crippen molar-refractivity contribution in [1.82, 2.24) is 10.2 Å². The molecule has 1 aliphatic heterocycles. The number of hydrogen-bond acceptors (Lipinski definition) is 5. The highest BCUT2D eigenvalue weighted by Crippen LogP contribution is 2.30. The molecule has 1 aliphatic rings. The Hall–Kier alpha value is -2.21. The van der Waals surface area contributed by atoms with Crippen LogP contribution in [0.25, 0.3) is 0 Å². The minimum Gasteiger partial charge on any atom is -0.493 e. The van der Waals surface area contributed by atoms with Gasteiger partial charge in [-0.25, -0.2) is 0 Å². The largest absolute Gasteiger partial charge is 0.493 e. The number of ether oxygens (including phenoxy) is 2. The zero-order valence-corrected chi connectivity index (χ0v) is 18.9. The molecule has 0 aromatic heterocycles. The summed E-state index contributed by atoms with van der Waals surface area (Å²) in [6.07, 6.45) is 4.38. The van der Waals surface area contributed by atoms with Gasteiger partial charge < -0.3 is 25.0 Å². The van der Waals surface area contributed by atoms with Crippen molar-refractivity contribution in [3.8, 4) is 11.5 Å². The first-order chi connectivity index (χ1) is 13.9. The van der Waals surface area contributed by atoms with Gasteiger partial charge in [0.15, 0.2) is 11.5 Å². The number of hydrogen-bond donors (Lipinski definition) is 2. The Kier molecular flexibility index (Phi) is 9.32. The van der Waals surface area contributed by atoms with E-state index in [1.807, 2.05) is 24.3 Å². The van der Waals surface area contributed by atoms with Gasteiger partial charge in [0.2, 0.25) is 0 Å². The second-order valence-corrected chi connectivity index (χ2v) is 8.10. The summed E-state index contributed by atoms with van der Waals surface area (Å²) in [4.78, 5) is 6.81. The van der Waals surface area contributed by atoms with Crippen LogP contribution < -0.4 is 20.1 Å². The van der Waals surface area contributed by atoms with E-state index in [-0.39, 0.29) is 6.17 Å². The van der Waals surface area contributed by atoms with Gasteiger partial charge in [-0.05, 0) is 64.3 Å². The Bertz CT molecular complexity index is 698. The highest BCUT2D eigenvalue weighted by Gasteiger charge is 2.17. The van der Waals surface area contributed by atoms with E-state index in [9.17, 15) is 0 Å². The fourth-order valence-corrected chi connectivity index (χ4v) is 3.53. The smallest absolute Gasteiger partial charge is 0.163 e. The van der Waals surface area contributed by atoms with Crippen molar-refractivity contribution >= 4 is 11.5 Å². The number of nitrogens with zero attached hydrogens (tertiary/aromatic N) is 2. The second-order valence-electron chi connectivity index (χ2n) is 8.10. The molecule has 29 heavy (non-hydrogen) atoms. The highest BCUT2D eigenvalue weighted by atomic mass is 16.5. The summed E-state index contributed by atoms with van der Waals surface area (Å²) in [5.74, 6) is 3.20. The molecule has 2 atom stereocenters. The first-order valence-electron chi connectivity index (χ1n) is 10.6. The van der Waals surface area contributed by atoms with E-state index in [0.717, 1.165) is 41.9 Å². The molecular weight excluding hydrogens is 364 g/mol. The van der Waals surface area contributed by atoms with Crippen molar-refractivity contribution in [3.05, 3.63) is 29.8 Å². The number of aliphatic imine (C=N–C) groups is 1. The predicted octanol–water partition coefficient (Wildman–Crippen LogP) is 4.15. The molecule has 2 rings (SSSR count). The molecule has 0 radical (unpaired) electrons. The Morgan fingerprint density at radius 1 is 1.34 bits per heavy atom. The molecule has 1 fully saturated rings. The standard InChI is InChI=1S/C23H38N4O2/c1-17(2)14-23(24-5)26-19(4)25-20-8-9-21(28-6)22(15-20)29-13-7-11-27-12-10-18(3)16-27/h8-9,14-15,18-19,25H,7,10-13,16H2,1-6H3,(H,24,26). The fraction of sp³-hybridized carbons (Fsp3) is 0.609. The minimum absolute atomic E-state index is 0.0164. The molecule has 1 aromatic carbocycles. The number of nitrogens with one attached hydrogen (secondary N) is 2. The number of benzene rings is 1. The maximum atomic E-state index is 6.05. The van der Waals surface area contributed by atoms with Crippen LogP contribution in [0.3, 0.4) is 0 Å². The molecule has 0 spiro atoms. The zero-order chi connectivity index (χ0) is 21.2. The number of methoxy groups -OCH3 is 1. The van der Waals surface area contributed by atoms with Crippen LogP contribution in [0.2, 0.25) is 0 Å². The van der Waals surface area contributed by atoms with E-state index in [0.29, 0.717) is 6.61 Å². The predicted molar refractivity (Wildman–Crippen MR) is 122 cm³/mol. The van der Waals surface area contributed by atoms with Crippen LogP contribution in [0.5, 0.6) is 11.5 Å². The number of rotatable bonds is 10. The van der Waals surface area contributed by atoms with Gasteiger partial charge in [0.1, 0.15) is 5.84 Å². The van der Waals surface area contributed by atoms with Gasteiger partial charge in [0.25, 0.3) is 0 Å². The molecule has 1 heterocycles. The average Bonchev–Trinajstić information content (AvgIpc) is 3.09. The Balaban J connectivity index is 1.89. The van der Waals surface area contributed by atoms with Crippen molar-refractivity contribution in [2.45, 2.75) is 46.7 Å². The normalized spacial score (nSPS) is 18.3. The zero-order valence-electron chi connectivity index (χ0n) is 18.9. The Labute approximate surface area is 176 Å². The maximum absolute atomic E-state index is 6.05. The second kappa shape index (κ2) is 11.7. The molecule has 0 saturated carbocycles. The monoisotopic (exact) mass is 402 g/mol. The van der Waals surface area contributed by atoms with Crippen LogP contribution in [0, 0.1) is 5.92 Å². The van der Waals surface area contributed by atoms with Gasteiger partial charge in [-0.3, -0.25) is 4.99 Å². The van der Waals surface area contributed by atoms with Gasteiger partial charge in [-0.1, -0.05) is 12.5 Å². The molecule has 162 valence electrons. The quantitative estimate of drug-likeness (QED) is 0.266. The van der Waals surface area contributed by atoms with Crippen LogP contribution in [0.1, 0.15) is 40.5 Å². The van der Waals surface area contributed by atoms with Crippen LogP contribution in [-0.4, -0.2) is 57.3 Å². The summed E-state index contributed by atoms with van der Waals surface area (Å²) in [7, 11) is 3.46. The van der Waals surface area contributed by atoms with Gasteiger partial charge in [-0.2, -0.15) is 0 Å². The average molecular weight is 403 g/mol. The summed E-state index contributed by atoms with van der Waals surface area (Å²) in [5, 5.41) is 6.81. The summed E-state index contributed by atoms with van der Waals surface area (Å²) in [6.45, 7) is 12.7. The number of allylic oxidation sites excluding steroid dienone is 1. The van der Waals surface area contributed by atoms with Crippen LogP contribution >= 0.6 is 0 Å². The summed E-state index contributed by atoms with van der Waals surface area (Å²) in [6, 6.07) is 5.94. The van der Waals surface area contributed by atoms with Gasteiger partial charge in [0, 0.05) is 31.9 Å². The van der Waals surface area contributed by atoms with Crippen LogP contribution in [0.4, 0.5) is 5.69 Å². The molecule has 0 amide bonds. The number of anilines is 1. The van der Waals surface area contributed by atoms with Crippen molar-refractivity contribution in [3.63, 3.8) is 0 Å². The molecule has 1 saturated heterocycles. The lowest BCUT2D eigenvalue weighted by Gasteiger charge is -2.20. The third-order valence-electron chi connectivity index (χ3n) is 4.96. The molecule has 0 aliphatic carbocycles. The lowest BCUT2D eigenvalue weighted by molar-refractivity contribution is 0.251. The van der Waals surface area contributed by atoms with Gasteiger partial charge in [-0.15, -0.1) is 0 Å². The topological polar surface area (TPSA) is 58.1 Å². The molecule has 2 unspecified atom stereocenters. The van der Waals surface area contributed by atoms with Crippen LogP contribution in [0.15, 0.2) is 34.8 Å². The van der Waals surface area contributed by atoms with Crippen molar-refractivity contribution in [2.24, 2.45) is 10.9 Å². The van der Waals surface area contributed by atoms with E-state index in [1.54, 1.807) is 14.2 Å². The van der Waals surface area contributed by atoms with Crippen LogP contribution in [-0.2, 0) is 0 Å². The summed E-state index contributed by atoms with van der Waals surface area (Å²) in [5.41, 5.74) is 2.18. The number of amidine groups is 1. The van der Waals surface area contributed by atoms with E-state index < -0.39 is 0 Å². The van der Waals surface area contributed by atoms with E-state index in [4.69, 9.17) is 9.47 Å². The molecule has 0 bridgehead atoms. The first-order valence-corrected chi connectivity index (χ1v) is 10.6. The lowest BCUT2D eigenvalue weighted by atomic mass is 10.2. The SMILES string of the molecule is CN=C(C=C(C)C)NC(C)Nc1ccc(OC)c(OCCCN2CCC(C)C2)c1. The fourth-order valence-electron chi connectivity index (χ4n) is 3.53. The lowest BCUT2D eigenvalue weighted by Crippen LogP contribution is -2.37. The molecular formula is C23H38N4O2. The summed E-state index contributed by atoms with van der Waals surface area (Å²) >= 11 is 0. The molecule has 1 aromatic rings.